The number of hydrogen-bond donors (Lipinski definition) is 3. The van der Waals surface area contributed by atoms with Crippen LogP contribution in [0.3, 0.4) is 0 Å². The van der Waals surface area contributed by atoms with Crippen molar-refractivity contribution in [3.05, 3.63) is 105 Å². The lowest BCUT2D eigenvalue weighted by atomic mass is 9.90. The Morgan fingerprint density at radius 2 is 1.49 bits per heavy atom. The summed E-state index contributed by atoms with van der Waals surface area (Å²) >= 11 is 12.2. The first-order chi connectivity index (χ1) is 18.8. The molecule has 0 saturated carbocycles. The van der Waals surface area contributed by atoms with Crippen molar-refractivity contribution in [3.8, 4) is 0 Å². The number of rotatable bonds is 9. The Morgan fingerprint density at radius 3 is 2.08 bits per heavy atom. The van der Waals surface area contributed by atoms with Crippen molar-refractivity contribution in [2.24, 2.45) is 16.5 Å². The molecule has 0 bridgehead atoms. The summed E-state index contributed by atoms with van der Waals surface area (Å²) in [6, 6.07) is 21.7. The van der Waals surface area contributed by atoms with Gasteiger partial charge in [-0.3, -0.25) is 14.6 Å². The predicted molar refractivity (Wildman–Crippen MR) is 157 cm³/mol. The van der Waals surface area contributed by atoms with E-state index in [-0.39, 0.29) is 17.8 Å². The van der Waals surface area contributed by atoms with Gasteiger partial charge in [-0.1, -0.05) is 71.7 Å². The van der Waals surface area contributed by atoms with Crippen LogP contribution >= 0.6 is 23.2 Å². The zero-order chi connectivity index (χ0) is 27.8. The third kappa shape index (κ3) is 7.74. The van der Waals surface area contributed by atoms with Crippen LogP contribution in [0.1, 0.15) is 47.4 Å². The zero-order valence-electron chi connectivity index (χ0n) is 21.7. The van der Waals surface area contributed by atoms with Crippen molar-refractivity contribution >= 4 is 41.0 Å². The number of hydrogen-bond acceptors (Lipinski definition) is 3. The second kappa shape index (κ2) is 13.5. The van der Waals surface area contributed by atoms with Gasteiger partial charge in [-0.25, -0.2) is 0 Å². The Bertz CT molecular complexity index is 1260. The second-order valence-electron chi connectivity index (χ2n) is 9.68. The van der Waals surface area contributed by atoms with Crippen molar-refractivity contribution in [1.29, 1.82) is 0 Å². The number of nitrogens with one attached hydrogen (secondary N) is 1. The molecule has 4 rings (SSSR count). The summed E-state index contributed by atoms with van der Waals surface area (Å²) in [5.41, 5.74) is 14.9. The van der Waals surface area contributed by atoms with E-state index in [2.05, 4.69) is 22.4 Å². The largest absolute Gasteiger partial charge is 0.370 e. The maximum Gasteiger partial charge on any atom is 0.245 e. The lowest BCUT2D eigenvalue weighted by Gasteiger charge is -2.28. The molecule has 1 atom stereocenters. The maximum absolute atomic E-state index is 13.9. The molecular weight excluding hydrogens is 533 g/mol. The molecule has 0 radical (unpaired) electrons. The first kappa shape index (κ1) is 28.5. The summed E-state index contributed by atoms with van der Waals surface area (Å²) in [6.07, 6.45) is 2.70. The fourth-order valence-electron chi connectivity index (χ4n) is 4.93. The normalized spacial score (nSPS) is 13.8. The lowest BCUT2D eigenvalue weighted by Crippen LogP contribution is -2.49. The number of fused-ring (bicyclic) bond motifs is 1. The van der Waals surface area contributed by atoms with Crippen molar-refractivity contribution in [3.63, 3.8) is 0 Å². The average molecular weight is 567 g/mol. The fourth-order valence-corrected chi connectivity index (χ4v) is 5.18. The highest BCUT2D eigenvalue weighted by molar-refractivity contribution is 6.30. The molecule has 0 aliphatic carbocycles. The van der Waals surface area contributed by atoms with Crippen LogP contribution in [0, 0.1) is 0 Å². The van der Waals surface area contributed by atoms with Crippen molar-refractivity contribution < 1.29 is 9.59 Å². The van der Waals surface area contributed by atoms with E-state index in [4.69, 9.17) is 34.7 Å². The van der Waals surface area contributed by atoms with Gasteiger partial charge in [-0.05, 0) is 72.2 Å². The molecule has 204 valence electrons. The van der Waals surface area contributed by atoms with Gasteiger partial charge < -0.3 is 21.7 Å². The fraction of sp³-hybridized carbons (Fsp3) is 0.300. The molecule has 0 spiro atoms. The molecule has 0 fully saturated rings. The predicted octanol–water partition coefficient (Wildman–Crippen LogP) is 4.64. The van der Waals surface area contributed by atoms with Gasteiger partial charge in [0.25, 0.3) is 0 Å². The summed E-state index contributed by atoms with van der Waals surface area (Å²) in [6.45, 7) is 1.49. The number of benzene rings is 3. The molecule has 9 heteroatoms. The Balaban J connectivity index is 1.60. The molecule has 1 heterocycles. The molecule has 2 amide bonds. The standard InChI is InChI=1S/C30H33Cl2N5O2/c31-24-13-9-21(10-14-24)27(22-11-15-25(32)16-12-22)28(38)36-26(8-3-17-35-30(33)34)29(39)37-18-4-7-20-5-1-2-6-23(20)19-37/h1-2,5-6,9-16,26-27H,3-4,7-8,17-19H2,(H,36,38)(H4,33,34,35)/t26-/m1/s1. The van der Waals surface area contributed by atoms with E-state index in [1.807, 2.05) is 41.3 Å². The molecule has 0 aromatic heterocycles. The zero-order valence-corrected chi connectivity index (χ0v) is 23.2. The molecule has 1 aliphatic heterocycles. The maximum atomic E-state index is 13.9. The Morgan fingerprint density at radius 1 is 0.897 bits per heavy atom. The molecule has 3 aromatic carbocycles. The molecule has 5 N–H and O–H groups in total. The van der Waals surface area contributed by atoms with Gasteiger partial charge in [0.15, 0.2) is 5.96 Å². The highest BCUT2D eigenvalue weighted by Crippen LogP contribution is 2.28. The monoisotopic (exact) mass is 565 g/mol. The quantitative estimate of drug-likeness (QED) is 0.199. The van der Waals surface area contributed by atoms with Crippen LogP contribution in [-0.2, 0) is 22.6 Å². The summed E-state index contributed by atoms with van der Waals surface area (Å²) in [4.78, 5) is 33.7. The Kier molecular flexibility index (Phi) is 9.85. The minimum atomic E-state index is -0.737. The number of carbonyl (C=O) groups excluding carboxylic acids is 2. The van der Waals surface area contributed by atoms with Crippen molar-refractivity contribution in [2.45, 2.75) is 44.2 Å². The minimum absolute atomic E-state index is 0.00317. The van der Waals surface area contributed by atoms with Gasteiger partial charge in [0.1, 0.15) is 6.04 Å². The number of aryl methyl sites for hydroxylation is 1. The van der Waals surface area contributed by atoms with E-state index in [0.717, 1.165) is 29.5 Å². The smallest absolute Gasteiger partial charge is 0.245 e. The molecule has 3 aromatic rings. The van der Waals surface area contributed by atoms with Crippen LogP contribution in [0.5, 0.6) is 0 Å². The number of carbonyl (C=O) groups is 2. The summed E-state index contributed by atoms with van der Waals surface area (Å²) < 4.78 is 0. The van der Waals surface area contributed by atoms with E-state index < -0.39 is 12.0 Å². The first-order valence-electron chi connectivity index (χ1n) is 13.0. The van der Waals surface area contributed by atoms with Crippen LogP contribution in [0.25, 0.3) is 0 Å². The Labute approximate surface area is 239 Å². The third-order valence-corrected chi connectivity index (χ3v) is 7.40. The SMILES string of the molecule is NC(N)=NCCC[C@@H](NC(=O)C(c1ccc(Cl)cc1)c1ccc(Cl)cc1)C(=O)N1CCCc2ccccc2C1. The number of nitrogens with two attached hydrogens (primary N) is 2. The van der Waals surface area contributed by atoms with E-state index in [9.17, 15) is 9.59 Å². The van der Waals surface area contributed by atoms with Crippen molar-refractivity contribution in [1.82, 2.24) is 10.2 Å². The summed E-state index contributed by atoms with van der Waals surface area (Å²) in [5, 5.41) is 4.21. The second-order valence-corrected chi connectivity index (χ2v) is 10.6. The molecule has 39 heavy (non-hydrogen) atoms. The molecular formula is C30H33Cl2N5O2. The Hall–Kier alpha value is -3.55. The van der Waals surface area contributed by atoms with Crippen LogP contribution in [0.15, 0.2) is 77.8 Å². The summed E-state index contributed by atoms with van der Waals surface area (Å²) in [7, 11) is 0. The summed E-state index contributed by atoms with van der Waals surface area (Å²) in [5.74, 6) is -1.06. The van der Waals surface area contributed by atoms with E-state index in [0.29, 0.717) is 42.5 Å². The van der Waals surface area contributed by atoms with Gasteiger partial charge in [0.2, 0.25) is 11.8 Å². The molecule has 7 nitrogen and oxygen atoms in total. The average Bonchev–Trinajstić information content (AvgIpc) is 3.15. The van der Waals surface area contributed by atoms with Gasteiger partial charge in [0.05, 0.1) is 5.92 Å². The van der Waals surface area contributed by atoms with E-state index in [1.165, 1.54) is 5.56 Å². The van der Waals surface area contributed by atoms with Crippen LogP contribution in [0.4, 0.5) is 0 Å². The highest BCUT2D eigenvalue weighted by Gasteiger charge is 2.31. The highest BCUT2D eigenvalue weighted by atomic mass is 35.5. The molecule has 0 unspecified atom stereocenters. The molecule has 1 aliphatic rings. The minimum Gasteiger partial charge on any atom is -0.370 e. The van der Waals surface area contributed by atoms with Crippen LogP contribution in [0.2, 0.25) is 10.0 Å². The third-order valence-electron chi connectivity index (χ3n) is 6.89. The van der Waals surface area contributed by atoms with Gasteiger partial charge in [-0.15, -0.1) is 0 Å². The molecule has 0 saturated heterocycles. The first-order valence-corrected chi connectivity index (χ1v) is 13.8. The topological polar surface area (TPSA) is 114 Å². The van der Waals surface area contributed by atoms with E-state index in [1.54, 1.807) is 24.3 Å². The number of guanidine groups is 1. The van der Waals surface area contributed by atoms with Gasteiger partial charge in [0, 0.05) is 29.7 Å². The van der Waals surface area contributed by atoms with Gasteiger partial charge in [-0.2, -0.15) is 0 Å². The number of nitrogens with zero attached hydrogens (tertiary/aromatic N) is 2. The number of amides is 2. The van der Waals surface area contributed by atoms with Gasteiger partial charge >= 0.3 is 0 Å². The van der Waals surface area contributed by atoms with Crippen LogP contribution < -0.4 is 16.8 Å². The van der Waals surface area contributed by atoms with E-state index >= 15 is 0 Å². The lowest BCUT2D eigenvalue weighted by molar-refractivity contribution is -0.137. The van der Waals surface area contributed by atoms with Crippen molar-refractivity contribution in [2.75, 3.05) is 13.1 Å². The number of aliphatic imine (C=N–C) groups is 1. The van der Waals surface area contributed by atoms with Crippen LogP contribution in [-0.4, -0.2) is 41.8 Å². The number of halogens is 2.